The lowest BCUT2D eigenvalue weighted by Crippen LogP contribution is -2.23. The van der Waals surface area contributed by atoms with Crippen molar-refractivity contribution in [2.75, 3.05) is 0 Å². The SMILES string of the molecule is C/C=C/C(=O)OC1=CC(=O)CC(C)(C)C1. The second kappa shape index (κ2) is 4.43. The van der Waals surface area contributed by atoms with Crippen LogP contribution in [0.5, 0.6) is 0 Å². The average molecular weight is 208 g/mol. The fraction of sp³-hybridized carbons (Fsp3) is 0.500. The molecule has 1 aliphatic carbocycles. The van der Waals surface area contributed by atoms with E-state index in [1.165, 1.54) is 12.2 Å². The van der Waals surface area contributed by atoms with Gasteiger partial charge in [-0.3, -0.25) is 4.79 Å². The third-order valence-electron chi connectivity index (χ3n) is 2.16. The Bertz CT molecular complexity index is 335. The van der Waals surface area contributed by atoms with E-state index in [4.69, 9.17) is 4.74 Å². The first-order chi connectivity index (χ1) is 6.93. The molecule has 0 aromatic heterocycles. The summed E-state index contributed by atoms with van der Waals surface area (Å²) in [5, 5.41) is 0. The third-order valence-corrected chi connectivity index (χ3v) is 2.16. The number of rotatable bonds is 2. The zero-order valence-electron chi connectivity index (χ0n) is 9.37. The molecule has 0 atom stereocenters. The van der Waals surface area contributed by atoms with Crippen LogP contribution in [0.4, 0.5) is 0 Å². The van der Waals surface area contributed by atoms with E-state index in [9.17, 15) is 9.59 Å². The Labute approximate surface area is 89.8 Å². The molecule has 0 saturated carbocycles. The lowest BCUT2D eigenvalue weighted by molar-refractivity contribution is -0.134. The highest BCUT2D eigenvalue weighted by Gasteiger charge is 2.29. The molecule has 0 aromatic rings. The summed E-state index contributed by atoms with van der Waals surface area (Å²) >= 11 is 0. The van der Waals surface area contributed by atoms with Gasteiger partial charge in [-0.25, -0.2) is 4.79 Å². The molecule has 82 valence electrons. The van der Waals surface area contributed by atoms with E-state index < -0.39 is 5.97 Å². The summed E-state index contributed by atoms with van der Waals surface area (Å²) in [4.78, 5) is 22.5. The summed E-state index contributed by atoms with van der Waals surface area (Å²) in [6.45, 7) is 5.72. The van der Waals surface area contributed by atoms with Crippen molar-refractivity contribution in [3.63, 3.8) is 0 Å². The predicted octanol–water partition coefficient (Wildman–Crippen LogP) is 2.38. The standard InChI is InChI=1S/C12H16O3/c1-4-5-11(14)15-10-6-9(13)7-12(2,3)8-10/h4-6H,7-8H2,1-3H3/b5-4+. The molecule has 0 aromatic carbocycles. The van der Waals surface area contributed by atoms with Gasteiger partial charge in [0.05, 0.1) is 0 Å². The van der Waals surface area contributed by atoms with Crippen molar-refractivity contribution < 1.29 is 14.3 Å². The molecule has 0 unspecified atom stereocenters. The number of hydrogen-bond donors (Lipinski definition) is 0. The molecule has 0 bridgehead atoms. The van der Waals surface area contributed by atoms with Crippen molar-refractivity contribution in [1.29, 1.82) is 0 Å². The molecule has 0 aliphatic heterocycles. The number of allylic oxidation sites excluding steroid dienone is 3. The van der Waals surface area contributed by atoms with Gasteiger partial charge in [-0.15, -0.1) is 0 Å². The first-order valence-corrected chi connectivity index (χ1v) is 5.01. The van der Waals surface area contributed by atoms with Crippen molar-refractivity contribution in [2.24, 2.45) is 5.41 Å². The summed E-state index contributed by atoms with van der Waals surface area (Å²) in [6.07, 6.45) is 5.51. The Kier molecular flexibility index (Phi) is 3.45. The van der Waals surface area contributed by atoms with Gasteiger partial charge in [0.2, 0.25) is 0 Å². The highest BCUT2D eigenvalue weighted by atomic mass is 16.5. The monoisotopic (exact) mass is 208 g/mol. The van der Waals surface area contributed by atoms with E-state index in [1.807, 2.05) is 13.8 Å². The lowest BCUT2D eigenvalue weighted by atomic mass is 9.79. The maximum atomic E-state index is 11.3. The maximum Gasteiger partial charge on any atom is 0.335 e. The topological polar surface area (TPSA) is 43.4 Å². The molecule has 0 fully saturated rings. The molecule has 1 aliphatic rings. The van der Waals surface area contributed by atoms with Crippen molar-refractivity contribution in [3.8, 4) is 0 Å². The van der Waals surface area contributed by atoms with Gasteiger partial charge in [0.15, 0.2) is 5.78 Å². The molecule has 3 nitrogen and oxygen atoms in total. The second-order valence-corrected chi connectivity index (χ2v) is 4.52. The molecule has 0 N–H and O–H groups in total. The van der Waals surface area contributed by atoms with E-state index in [-0.39, 0.29) is 11.2 Å². The van der Waals surface area contributed by atoms with Crippen molar-refractivity contribution in [3.05, 3.63) is 24.0 Å². The minimum absolute atomic E-state index is 0.0227. The molecule has 0 amide bonds. The average Bonchev–Trinajstić information content (AvgIpc) is 1.99. The Morgan fingerprint density at radius 1 is 1.47 bits per heavy atom. The summed E-state index contributed by atoms with van der Waals surface area (Å²) in [5.41, 5.74) is -0.114. The zero-order valence-corrected chi connectivity index (χ0v) is 9.37. The normalized spacial score (nSPS) is 20.2. The Balaban J connectivity index is 2.70. The first kappa shape index (κ1) is 11.7. The van der Waals surface area contributed by atoms with E-state index >= 15 is 0 Å². The van der Waals surface area contributed by atoms with Crippen LogP contribution in [0.1, 0.15) is 33.6 Å². The minimum atomic E-state index is -0.422. The summed E-state index contributed by atoms with van der Waals surface area (Å²) in [6, 6.07) is 0. The smallest absolute Gasteiger partial charge is 0.335 e. The Morgan fingerprint density at radius 2 is 2.13 bits per heavy atom. The van der Waals surface area contributed by atoms with Crippen LogP contribution in [-0.2, 0) is 14.3 Å². The predicted molar refractivity (Wildman–Crippen MR) is 57.0 cm³/mol. The highest BCUT2D eigenvalue weighted by Crippen LogP contribution is 2.33. The van der Waals surface area contributed by atoms with Crippen LogP contribution in [0, 0.1) is 5.41 Å². The fourth-order valence-electron chi connectivity index (χ4n) is 1.65. The number of carbonyl (C=O) groups is 2. The number of carbonyl (C=O) groups excluding carboxylic acids is 2. The second-order valence-electron chi connectivity index (χ2n) is 4.52. The van der Waals surface area contributed by atoms with Gasteiger partial charge in [-0.2, -0.15) is 0 Å². The van der Waals surface area contributed by atoms with Crippen molar-refractivity contribution >= 4 is 11.8 Å². The van der Waals surface area contributed by atoms with Gasteiger partial charge in [0.25, 0.3) is 0 Å². The summed E-state index contributed by atoms with van der Waals surface area (Å²) < 4.78 is 5.05. The molecule has 0 radical (unpaired) electrons. The van der Waals surface area contributed by atoms with Gasteiger partial charge in [-0.1, -0.05) is 19.9 Å². The van der Waals surface area contributed by atoms with E-state index in [0.29, 0.717) is 18.6 Å². The van der Waals surface area contributed by atoms with Gasteiger partial charge in [0.1, 0.15) is 5.76 Å². The van der Waals surface area contributed by atoms with Gasteiger partial charge >= 0.3 is 5.97 Å². The van der Waals surface area contributed by atoms with E-state index in [2.05, 4.69) is 0 Å². The van der Waals surface area contributed by atoms with E-state index in [0.717, 1.165) is 0 Å². The molecular weight excluding hydrogens is 192 g/mol. The van der Waals surface area contributed by atoms with E-state index in [1.54, 1.807) is 13.0 Å². The molecule has 3 heteroatoms. The van der Waals surface area contributed by atoms with Crippen molar-refractivity contribution in [1.82, 2.24) is 0 Å². The van der Waals surface area contributed by atoms with Gasteiger partial charge in [0, 0.05) is 25.0 Å². The molecular formula is C12H16O3. The quantitative estimate of drug-likeness (QED) is 0.517. The van der Waals surface area contributed by atoms with Crippen LogP contribution in [0.15, 0.2) is 24.0 Å². The molecule has 15 heavy (non-hydrogen) atoms. The van der Waals surface area contributed by atoms with Crippen LogP contribution in [-0.4, -0.2) is 11.8 Å². The number of esters is 1. The van der Waals surface area contributed by atoms with Gasteiger partial charge < -0.3 is 4.74 Å². The van der Waals surface area contributed by atoms with Crippen LogP contribution in [0.25, 0.3) is 0 Å². The minimum Gasteiger partial charge on any atom is -0.428 e. The van der Waals surface area contributed by atoms with Crippen LogP contribution < -0.4 is 0 Å². The van der Waals surface area contributed by atoms with Crippen molar-refractivity contribution in [2.45, 2.75) is 33.6 Å². The van der Waals surface area contributed by atoms with Crippen LogP contribution in [0.3, 0.4) is 0 Å². The largest absolute Gasteiger partial charge is 0.428 e. The molecule has 0 saturated heterocycles. The molecule has 0 heterocycles. The Morgan fingerprint density at radius 3 is 2.67 bits per heavy atom. The number of hydrogen-bond acceptors (Lipinski definition) is 3. The zero-order chi connectivity index (χ0) is 11.5. The summed E-state index contributed by atoms with van der Waals surface area (Å²) in [5.74, 6) is 0.0723. The molecule has 1 rings (SSSR count). The lowest BCUT2D eigenvalue weighted by Gasteiger charge is -2.27. The summed E-state index contributed by atoms with van der Waals surface area (Å²) in [7, 11) is 0. The van der Waals surface area contributed by atoms with Crippen LogP contribution >= 0.6 is 0 Å². The third kappa shape index (κ3) is 3.70. The molecule has 0 spiro atoms. The number of ketones is 1. The van der Waals surface area contributed by atoms with Crippen LogP contribution in [0.2, 0.25) is 0 Å². The maximum absolute atomic E-state index is 11.3. The van der Waals surface area contributed by atoms with Gasteiger partial charge in [-0.05, 0) is 12.3 Å². The Hall–Kier alpha value is -1.38. The first-order valence-electron chi connectivity index (χ1n) is 5.01. The number of ether oxygens (including phenoxy) is 1. The highest BCUT2D eigenvalue weighted by molar-refractivity contribution is 5.92. The fourth-order valence-corrected chi connectivity index (χ4v) is 1.65.